The lowest BCUT2D eigenvalue weighted by Crippen LogP contribution is -2.54. The van der Waals surface area contributed by atoms with E-state index in [2.05, 4.69) is 17.5 Å². The largest absolute Gasteiger partial charge is 0.497 e. The Morgan fingerprint density at radius 1 is 0.977 bits per heavy atom. The van der Waals surface area contributed by atoms with Crippen LogP contribution in [0, 0.1) is 5.92 Å². The Bertz CT molecular complexity index is 1530. The van der Waals surface area contributed by atoms with Gasteiger partial charge < -0.3 is 19.9 Å². The van der Waals surface area contributed by atoms with Crippen LogP contribution in [0.2, 0.25) is 0 Å². The number of methoxy groups -OCH3 is 1. The van der Waals surface area contributed by atoms with Crippen molar-refractivity contribution in [3.05, 3.63) is 96.1 Å². The number of anilines is 3. The highest BCUT2D eigenvalue weighted by atomic mass is 16.5. The molecule has 1 N–H and O–H groups in total. The SMILES string of the molecule is COc1ccc(CN(C(=O)CN2C(=O)C(=O)c3ccccc32)C(C(=O)Nc2ccc(N(C)C)cc2)C2CC=CCC2)cc1. The number of rotatable bonds is 10. The summed E-state index contributed by atoms with van der Waals surface area (Å²) in [6, 6.07) is 20.7. The zero-order valence-corrected chi connectivity index (χ0v) is 24.7. The average molecular weight is 581 g/mol. The fraction of sp³-hybridized carbons (Fsp3) is 0.294. The van der Waals surface area contributed by atoms with Gasteiger partial charge >= 0.3 is 0 Å². The van der Waals surface area contributed by atoms with E-state index in [1.165, 1.54) is 4.90 Å². The van der Waals surface area contributed by atoms with E-state index < -0.39 is 23.6 Å². The molecule has 0 aromatic heterocycles. The second-order valence-corrected chi connectivity index (χ2v) is 11.0. The maximum atomic E-state index is 14.2. The van der Waals surface area contributed by atoms with Crippen LogP contribution in [0.4, 0.5) is 17.1 Å². The molecule has 9 heteroatoms. The van der Waals surface area contributed by atoms with Gasteiger partial charge in [0.2, 0.25) is 11.8 Å². The van der Waals surface area contributed by atoms with Crippen LogP contribution in [0.15, 0.2) is 84.9 Å². The summed E-state index contributed by atoms with van der Waals surface area (Å²) in [4.78, 5) is 58.8. The number of ketones is 1. The molecule has 3 aromatic carbocycles. The fourth-order valence-electron chi connectivity index (χ4n) is 5.67. The maximum absolute atomic E-state index is 14.2. The number of hydrogen-bond donors (Lipinski definition) is 1. The molecule has 0 bridgehead atoms. The molecule has 5 rings (SSSR count). The van der Waals surface area contributed by atoms with E-state index in [0.717, 1.165) is 24.1 Å². The van der Waals surface area contributed by atoms with Crippen LogP contribution < -0.4 is 19.9 Å². The molecule has 3 aromatic rings. The minimum absolute atomic E-state index is 0.137. The zero-order valence-electron chi connectivity index (χ0n) is 24.7. The van der Waals surface area contributed by atoms with Gasteiger partial charge in [-0.3, -0.25) is 24.1 Å². The van der Waals surface area contributed by atoms with Gasteiger partial charge in [0, 0.05) is 32.0 Å². The first-order chi connectivity index (χ1) is 20.8. The number of nitrogens with one attached hydrogen (secondary N) is 1. The van der Waals surface area contributed by atoms with Crippen molar-refractivity contribution in [2.75, 3.05) is 42.9 Å². The number of ether oxygens (including phenoxy) is 1. The van der Waals surface area contributed by atoms with Crippen molar-refractivity contribution < 1.29 is 23.9 Å². The molecular formula is C34H36N4O5. The summed E-state index contributed by atoms with van der Waals surface area (Å²) in [6.07, 6.45) is 6.29. The number of allylic oxidation sites excluding steroid dienone is 2. The normalized spacial score (nSPS) is 16.4. The van der Waals surface area contributed by atoms with Gasteiger partial charge in [0.15, 0.2) is 0 Å². The Kier molecular flexibility index (Phi) is 8.90. The number of fused-ring (bicyclic) bond motifs is 1. The maximum Gasteiger partial charge on any atom is 0.299 e. The lowest BCUT2D eigenvalue weighted by Gasteiger charge is -2.37. The number of nitrogens with zero attached hydrogens (tertiary/aromatic N) is 3. The Balaban J connectivity index is 1.49. The molecule has 9 nitrogen and oxygen atoms in total. The van der Waals surface area contributed by atoms with Crippen LogP contribution in [0.5, 0.6) is 5.75 Å². The monoisotopic (exact) mass is 580 g/mol. The lowest BCUT2D eigenvalue weighted by atomic mass is 9.85. The number of benzene rings is 3. The first-order valence-electron chi connectivity index (χ1n) is 14.4. The second-order valence-electron chi connectivity index (χ2n) is 11.0. The molecule has 1 heterocycles. The van der Waals surface area contributed by atoms with Crippen molar-refractivity contribution in [2.45, 2.75) is 31.8 Å². The van der Waals surface area contributed by atoms with E-state index in [4.69, 9.17) is 4.74 Å². The quantitative estimate of drug-likeness (QED) is 0.276. The van der Waals surface area contributed by atoms with Gasteiger partial charge in [-0.2, -0.15) is 0 Å². The topological polar surface area (TPSA) is 99.3 Å². The zero-order chi connectivity index (χ0) is 30.5. The molecule has 0 saturated heterocycles. The average Bonchev–Trinajstić information content (AvgIpc) is 3.26. The summed E-state index contributed by atoms with van der Waals surface area (Å²) in [5, 5.41) is 3.04. The first kappa shape index (κ1) is 29.6. The minimum Gasteiger partial charge on any atom is -0.497 e. The van der Waals surface area contributed by atoms with Crippen LogP contribution >= 0.6 is 0 Å². The Labute approximate surface area is 251 Å². The van der Waals surface area contributed by atoms with Crippen LogP contribution in [0.1, 0.15) is 35.2 Å². The van der Waals surface area contributed by atoms with Gasteiger partial charge in [-0.05, 0) is 79.3 Å². The Morgan fingerprint density at radius 3 is 2.35 bits per heavy atom. The highest BCUT2D eigenvalue weighted by Gasteiger charge is 2.41. The molecule has 0 fully saturated rings. The van der Waals surface area contributed by atoms with E-state index in [1.54, 1.807) is 36.3 Å². The highest BCUT2D eigenvalue weighted by molar-refractivity contribution is 6.52. The first-order valence-corrected chi connectivity index (χ1v) is 14.4. The summed E-state index contributed by atoms with van der Waals surface area (Å²) < 4.78 is 5.30. The summed E-state index contributed by atoms with van der Waals surface area (Å²) in [7, 11) is 5.47. The van der Waals surface area contributed by atoms with E-state index >= 15 is 0 Å². The van der Waals surface area contributed by atoms with Crippen molar-refractivity contribution in [2.24, 2.45) is 5.92 Å². The smallest absolute Gasteiger partial charge is 0.299 e. The second kappa shape index (κ2) is 12.9. The van der Waals surface area contributed by atoms with Crippen LogP contribution in [0.3, 0.4) is 0 Å². The molecule has 0 radical (unpaired) electrons. The van der Waals surface area contributed by atoms with E-state index in [0.29, 0.717) is 23.5 Å². The minimum atomic E-state index is -0.822. The van der Waals surface area contributed by atoms with Gasteiger partial charge in [0.05, 0.1) is 18.4 Å². The molecule has 1 aliphatic heterocycles. The number of Topliss-reactive ketones (excluding diaryl/α,β-unsaturated/α-hetero) is 1. The van der Waals surface area contributed by atoms with Gasteiger partial charge in [-0.25, -0.2) is 0 Å². The van der Waals surface area contributed by atoms with Crippen molar-refractivity contribution in [1.29, 1.82) is 0 Å². The molecule has 3 amide bonds. The van der Waals surface area contributed by atoms with Crippen molar-refractivity contribution in [3.8, 4) is 5.75 Å². The Hall–Kier alpha value is -4.92. The number of carbonyl (C=O) groups is 4. The van der Waals surface area contributed by atoms with Crippen molar-refractivity contribution in [3.63, 3.8) is 0 Å². The number of amides is 3. The summed E-state index contributed by atoms with van der Waals surface area (Å²) in [5.74, 6) is -1.58. The standard InChI is InChI=1S/C34H36N4O5/c1-36(2)26-17-15-25(16-18-26)35-33(41)31(24-9-5-4-6-10-24)38(21-23-13-19-27(43-3)20-14-23)30(39)22-37-29-12-8-7-11-28(29)32(40)34(37)42/h4-5,7-8,11-20,24,31H,6,9-10,21-22H2,1-3H3,(H,35,41). The fourth-order valence-corrected chi connectivity index (χ4v) is 5.67. The van der Waals surface area contributed by atoms with Crippen LogP contribution in [0.25, 0.3) is 0 Å². The lowest BCUT2D eigenvalue weighted by molar-refractivity contribution is -0.140. The van der Waals surface area contributed by atoms with Gasteiger partial charge in [0.25, 0.3) is 11.7 Å². The molecule has 222 valence electrons. The predicted molar refractivity (Wildman–Crippen MR) is 166 cm³/mol. The summed E-state index contributed by atoms with van der Waals surface area (Å²) in [5.41, 5.74) is 3.09. The molecular weight excluding hydrogens is 544 g/mol. The number of hydrogen-bond acceptors (Lipinski definition) is 6. The molecule has 43 heavy (non-hydrogen) atoms. The summed E-state index contributed by atoms with van der Waals surface area (Å²) >= 11 is 0. The molecule has 2 aliphatic rings. The van der Waals surface area contributed by atoms with E-state index in [1.807, 2.05) is 67.5 Å². The number of carbonyl (C=O) groups excluding carboxylic acids is 4. The Morgan fingerprint density at radius 2 is 1.70 bits per heavy atom. The van der Waals surface area contributed by atoms with Crippen LogP contribution in [-0.2, 0) is 20.9 Å². The van der Waals surface area contributed by atoms with E-state index in [-0.39, 0.29) is 30.5 Å². The third-order valence-corrected chi connectivity index (χ3v) is 8.02. The molecule has 1 aliphatic carbocycles. The van der Waals surface area contributed by atoms with Gasteiger partial charge in [-0.1, -0.05) is 36.4 Å². The van der Waals surface area contributed by atoms with Gasteiger partial charge in [-0.15, -0.1) is 0 Å². The van der Waals surface area contributed by atoms with Crippen molar-refractivity contribution in [1.82, 2.24) is 4.90 Å². The number of para-hydroxylation sites is 1. The summed E-state index contributed by atoms with van der Waals surface area (Å²) in [6.45, 7) is -0.222. The van der Waals surface area contributed by atoms with Crippen LogP contribution in [-0.4, -0.2) is 62.2 Å². The van der Waals surface area contributed by atoms with E-state index in [9.17, 15) is 19.2 Å². The van der Waals surface area contributed by atoms with Gasteiger partial charge in [0.1, 0.15) is 18.3 Å². The highest BCUT2D eigenvalue weighted by Crippen LogP contribution is 2.31. The van der Waals surface area contributed by atoms with Crippen molar-refractivity contribution >= 4 is 40.6 Å². The molecule has 2 atom stereocenters. The predicted octanol–water partition coefficient (Wildman–Crippen LogP) is 4.68. The molecule has 0 spiro atoms. The molecule has 0 saturated carbocycles. The third kappa shape index (κ3) is 6.45. The molecule has 2 unspecified atom stereocenters. The third-order valence-electron chi connectivity index (χ3n) is 8.02.